The average Bonchev–Trinajstić information content (AvgIpc) is 3.22. The summed E-state index contributed by atoms with van der Waals surface area (Å²) in [6, 6.07) is 5.25. The number of allylic oxidation sites excluding steroid dienone is 1. The first-order valence-corrected chi connectivity index (χ1v) is 10.4. The van der Waals surface area contributed by atoms with Crippen molar-refractivity contribution < 1.29 is 40.8 Å². The van der Waals surface area contributed by atoms with Crippen molar-refractivity contribution in [2.75, 3.05) is 5.32 Å². The topological polar surface area (TPSA) is 56.8 Å². The lowest BCUT2D eigenvalue weighted by atomic mass is 9.77. The van der Waals surface area contributed by atoms with Gasteiger partial charge in [-0.05, 0) is 57.4 Å². The normalized spacial score (nSPS) is 18.5. The van der Waals surface area contributed by atoms with Crippen LogP contribution in [0.5, 0.6) is 5.75 Å². The molecule has 5 nitrogen and oxygen atoms in total. The first-order valence-electron chi connectivity index (χ1n) is 10.4. The van der Waals surface area contributed by atoms with E-state index in [2.05, 4.69) is 10.1 Å². The molecule has 4 rings (SSSR count). The highest BCUT2D eigenvalue weighted by atomic mass is 19.4. The molecule has 2 aliphatic rings. The summed E-state index contributed by atoms with van der Waals surface area (Å²) in [6.45, 7) is 7.37. The number of nitrogens with one attached hydrogen (secondary N) is 1. The van der Waals surface area contributed by atoms with Gasteiger partial charge in [-0.2, -0.15) is 0 Å². The van der Waals surface area contributed by atoms with Gasteiger partial charge in [0.15, 0.2) is 0 Å². The van der Waals surface area contributed by atoms with Crippen LogP contribution in [0.3, 0.4) is 0 Å². The Morgan fingerprint density at radius 1 is 1.06 bits per heavy atom. The second kappa shape index (κ2) is 8.09. The molecule has 34 heavy (non-hydrogen) atoms. The molecule has 0 saturated carbocycles. The fraction of sp³-hybridized carbons (Fsp3) is 0.348. The van der Waals surface area contributed by atoms with Crippen LogP contribution in [0.2, 0.25) is 0 Å². The fourth-order valence-electron chi connectivity index (χ4n) is 3.76. The lowest BCUT2D eigenvalue weighted by Gasteiger charge is -2.32. The number of fused-ring (bicyclic) bond motifs is 1. The van der Waals surface area contributed by atoms with Gasteiger partial charge in [0.2, 0.25) is 0 Å². The number of anilines is 1. The molecule has 1 N–H and O–H groups in total. The van der Waals surface area contributed by atoms with Gasteiger partial charge in [-0.3, -0.25) is 4.79 Å². The highest BCUT2D eigenvalue weighted by molar-refractivity contribution is 6.62. The number of alkyl halides is 3. The van der Waals surface area contributed by atoms with Gasteiger partial charge in [0.05, 0.1) is 16.9 Å². The molecule has 180 valence electrons. The zero-order valence-electron chi connectivity index (χ0n) is 18.8. The van der Waals surface area contributed by atoms with E-state index < -0.39 is 53.7 Å². The molecule has 0 bridgehead atoms. The summed E-state index contributed by atoms with van der Waals surface area (Å²) in [5.41, 5.74) is -1.05. The molecule has 2 aromatic rings. The number of carbonyl (C=O) groups is 1. The lowest BCUT2D eigenvalue weighted by molar-refractivity contribution is -0.274. The molecule has 1 aliphatic carbocycles. The number of ether oxygens (including phenoxy) is 1. The van der Waals surface area contributed by atoms with Gasteiger partial charge in [-0.1, -0.05) is 18.2 Å². The van der Waals surface area contributed by atoms with E-state index in [0.29, 0.717) is 5.56 Å². The minimum Gasteiger partial charge on any atom is -0.406 e. The molecule has 1 amide bonds. The molecule has 2 aromatic carbocycles. The van der Waals surface area contributed by atoms with E-state index in [4.69, 9.17) is 9.31 Å². The minimum absolute atomic E-state index is 0.0657. The number of benzene rings is 2. The lowest BCUT2D eigenvalue weighted by Crippen LogP contribution is -2.41. The number of hydrogen-bond donors (Lipinski definition) is 1. The first kappa shape index (κ1) is 24.2. The molecule has 1 fully saturated rings. The highest BCUT2D eigenvalue weighted by Crippen LogP contribution is 2.38. The van der Waals surface area contributed by atoms with Gasteiger partial charge in [0.1, 0.15) is 17.4 Å². The Bertz CT molecular complexity index is 1180. The van der Waals surface area contributed by atoms with Crippen molar-refractivity contribution >= 4 is 29.7 Å². The molecular formula is C23H21BF5NO4. The van der Waals surface area contributed by atoms with Gasteiger partial charge < -0.3 is 19.4 Å². The van der Waals surface area contributed by atoms with Gasteiger partial charge >= 0.3 is 13.5 Å². The Morgan fingerprint density at radius 3 is 2.32 bits per heavy atom. The van der Waals surface area contributed by atoms with Gasteiger partial charge in [0, 0.05) is 17.1 Å². The predicted octanol–water partition coefficient (Wildman–Crippen LogP) is 4.74. The van der Waals surface area contributed by atoms with Crippen molar-refractivity contribution in [3.8, 4) is 5.75 Å². The fourth-order valence-corrected chi connectivity index (χ4v) is 3.76. The number of halogens is 5. The molecular weight excluding hydrogens is 460 g/mol. The van der Waals surface area contributed by atoms with Crippen LogP contribution < -0.4 is 15.5 Å². The summed E-state index contributed by atoms with van der Waals surface area (Å²) in [6.07, 6.45) is -3.42. The predicted molar refractivity (Wildman–Crippen MR) is 116 cm³/mol. The summed E-state index contributed by atoms with van der Waals surface area (Å²) in [4.78, 5) is 12.8. The third-order valence-corrected chi connectivity index (χ3v) is 6.24. The maximum Gasteiger partial charge on any atom is 0.573 e. The van der Waals surface area contributed by atoms with Crippen molar-refractivity contribution in [1.82, 2.24) is 0 Å². The molecule has 1 saturated heterocycles. The van der Waals surface area contributed by atoms with Crippen LogP contribution in [0, 0.1) is 11.6 Å². The Balaban J connectivity index is 1.56. The van der Waals surface area contributed by atoms with Crippen LogP contribution >= 0.6 is 0 Å². The molecule has 0 spiro atoms. The zero-order valence-corrected chi connectivity index (χ0v) is 18.8. The van der Waals surface area contributed by atoms with Crippen LogP contribution in [0.4, 0.5) is 27.6 Å². The Hall–Kier alpha value is -2.92. The van der Waals surface area contributed by atoms with Crippen molar-refractivity contribution in [2.24, 2.45) is 0 Å². The van der Waals surface area contributed by atoms with Gasteiger partial charge in [-0.25, -0.2) is 8.78 Å². The molecule has 0 aromatic heterocycles. The van der Waals surface area contributed by atoms with Crippen molar-refractivity contribution in [1.29, 1.82) is 0 Å². The third-order valence-electron chi connectivity index (χ3n) is 6.24. The second-order valence-corrected chi connectivity index (χ2v) is 9.05. The molecule has 11 heteroatoms. The first-order chi connectivity index (χ1) is 15.7. The Kier molecular flexibility index (Phi) is 5.76. The maximum atomic E-state index is 15.4. The quantitative estimate of drug-likeness (QED) is 0.507. The summed E-state index contributed by atoms with van der Waals surface area (Å²) < 4.78 is 82.4. The van der Waals surface area contributed by atoms with E-state index in [1.54, 1.807) is 0 Å². The zero-order chi connectivity index (χ0) is 25.1. The monoisotopic (exact) mass is 481 g/mol. The van der Waals surface area contributed by atoms with Gasteiger partial charge in [0.25, 0.3) is 5.91 Å². The van der Waals surface area contributed by atoms with Gasteiger partial charge in [-0.15, -0.1) is 13.2 Å². The van der Waals surface area contributed by atoms with Crippen molar-refractivity contribution in [2.45, 2.75) is 51.7 Å². The second-order valence-electron chi connectivity index (χ2n) is 9.05. The Morgan fingerprint density at radius 2 is 1.71 bits per heavy atom. The smallest absolute Gasteiger partial charge is 0.406 e. The largest absolute Gasteiger partial charge is 0.573 e. The van der Waals surface area contributed by atoms with E-state index in [1.807, 2.05) is 27.7 Å². The average molecular weight is 481 g/mol. The number of amides is 1. The number of rotatable bonds is 4. The van der Waals surface area contributed by atoms with Crippen LogP contribution in [0.1, 0.15) is 38.8 Å². The maximum absolute atomic E-state index is 15.4. The summed E-state index contributed by atoms with van der Waals surface area (Å²) in [5.74, 6) is -3.03. The third kappa shape index (κ3) is 4.41. The summed E-state index contributed by atoms with van der Waals surface area (Å²) in [5, 5.41) is 2.23. The van der Waals surface area contributed by atoms with Crippen LogP contribution in [0.15, 0.2) is 36.4 Å². The number of hydrogen-bond acceptors (Lipinski definition) is 4. The van der Waals surface area contributed by atoms with Crippen LogP contribution in [-0.4, -0.2) is 30.6 Å². The minimum atomic E-state index is -4.97. The number of carbonyl (C=O) groups excluding carboxylic acids is 1. The van der Waals surface area contributed by atoms with Crippen LogP contribution in [0.25, 0.3) is 5.57 Å². The molecule has 0 atom stereocenters. The summed E-state index contributed by atoms with van der Waals surface area (Å²) in [7, 11) is -0.932. The van der Waals surface area contributed by atoms with Crippen molar-refractivity contribution in [3.05, 3.63) is 59.2 Å². The molecule has 0 radical (unpaired) electrons. The van der Waals surface area contributed by atoms with E-state index in [1.165, 1.54) is 18.2 Å². The molecule has 1 aliphatic heterocycles. The van der Waals surface area contributed by atoms with E-state index in [9.17, 15) is 22.4 Å². The van der Waals surface area contributed by atoms with Crippen LogP contribution in [-0.2, 0) is 20.5 Å². The van der Waals surface area contributed by atoms with E-state index >= 15 is 4.39 Å². The molecule has 0 unspecified atom stereocenters. The summed E-state index contributed by atoms with van der Waals surface area (Å²) >= 11 is 0. The van der Waals surface area contributed by atoms with E-state index in [0.717, 1.165) is 18.2 Å². The van der Waals surface area contributed by atoms with E-state index in [-0.39, 0.29) is 23.0 Å². The highest BCUT2D eigenvalue weighted by Gasteiger charge is 2.52. The SMILES string of the molecule is CC1(C)OB(c2ccc3c(c2F)CC=C3C(=O)Nc2cc(OC(F)(F)F)ccc2F)OC1(C)C. The van der Waals surface area contributed by atoms with Crippen molar-refractivity contribution in [3.63, 3.8) is 0 Å². The molecule has 1 heterocycles. The Labute approximate surface area is 193 Å². The standard InChI is InChI=1S/C23H21BF5NO4/c1-21(2)22(3,4)34-24(33-21)16-9-8-13-14(19(16)26)6-7-15(13)20(31)30-18-11-12(5-10-17(18)25)32-23(27,28)29/h5,7-11H,6H2,1-4H3,(H,30,31).